The van der Waals surface area contributed by atoms with Crippen LogP contribution in [0.3, 0.4) is 0 Å². The molecule has 2 amide bonds. The van der Waals surface area contributed by atoms with Crippen LogP contribution in [0.25, 0.3) is 11.3 Å². The molecule has 2 aliphatic rings. The Bertz CT molecular complexity index is 1500. The number of benzene rings is 2. The molecule has 10 nitrogen and oxygen atoms in total. The van der Waals surface area contributed by atoms with Gasteiger partial charge in [-0.1, -0.05) is 30.3 Å². The summed E-state index contributed by atoms with van der Waals surface area (Å²) in [6.45, 7) is 4.79. The maximum atomic E-state index is 14.0. The van der Waals surface area contributed by atoms with Gasteiger partial charge in [0.05, 0.1) is 43.2 Å². The molecular weight excluding hydrogens is 553 g/mol. The highest BCUT2D eigenvalue weighted by atomic mass is 35.5. The quantitative estimate of drug-likeness (QED) is 0.325. The van der Waals surface area contributed by atoms with Gasteiger partial charge in [-0.25, -0.2) is 14.4 Å². The molecule has 3 N–H and O–H groups in total. The molecule has 3 heterocycles. The van der Waals surface area contributed by atoms with Crippen molar-refractivity contribution >= 4 is 29.4 Å². The molecule has 1 fully saturated rings. The summed E-state index contributed by atoms with van der Waals surface area (Å²) in [5, 5.41) is 16.1. The molecular formula is C29H29ClFN5O5. The van der Waals surface area contributed by atoms with E-state index in [2.05, 4.69) is 27.2 Å². The Morgan fingerprint density at radius 3 is 2.80 bits per heavy atom. The molecule has 2 aromatic carbocycles. The smallest absolute Gasteiger partial charge is 0.267 e. The Morgan fingerprint density at radius 1 is 1.29 bits per heavy atom. The maximum Gasteiger partial charge on any atom is 0.267 e. The van der Waals surface area contributed by atoms with Crippen LogP contribution in [0.1, 0.15) is 40.4 Å². The molecule has 12 heteroatoms. The number of aliphatic hydroxyl groups excluding tert-OH is 1. The zero-order valence-corrected chi connectivity index (χ0v) is 23.1. The Morgan fingerprint density at radius 2 is 2.07 bits per heavy atom. The van der Waals surface area contributed by atoms with Gasteiger partial charge < -0.3 is 25.2 Å². The minimum Gasteiger partial charge on any atom is -0.497 e. The summed E-state index contributed by atoms with van der Waals surface area (Å²) in [5.41, 5.74) is 2.37. The van der Waals surface area contributed by atoms with Crippen LogP contribution in [-0.4, -0.2) is 64.8 Å². The minimum atomic E-state index is -0.945. The lowest BCUT2D eigenvalue weighted by Crippen LogP contribution is -2.37. The second kappa shape index (κ2) is 12.2. The SMILES string of the molecule is C=C(C(=O)N[C@H](CO)c1cc(F)cc(OC)c1)N1Cc2ccc(-c3nc(NC4CCOCC4)ncc3Cl)cc2C1=O. The van der Waals surface area contributed by atoms with E-state index < -0.39 is 30.3 Å². The fourth-order valence-corrected chi connectivity index (χ4v) is 5.03. The topological polar surface area (TPSA) is 126 Å². The van der Waals surface area contributed by atoms with Crippen molar-refractivity contribution in [2.45, 2.75) is 31.5 Å². The third kappa shape index (κ3) is 6.17. The number of methoxy groups -OCH3 is 1. The number of nitrogens with one attached hydrogen (secondary N) is 2. The van der Waals surface area contributed by atoms with Crippen LogP contribution in [0.4, 0.5) is 10.3 Å². The second-order valence-corrected chi connectivity index (χ2v) is 10.2. The van der Waals surface area contributed by atoms with E-state index in [0.29, 0.717) is 52.1 Å². The molecule has 1 aromatic heterocycles. The first-order chi connectivity index (χ1) is 19.8. The highest BCUT2D eigenvalue weighted by Crippen LogP contribution is 2.33. The van der Waals surface area contributed by atoms with Gasteiger partial charge in [-0.05, 0) is 42.2 Å². The Kier molecular flexibility index (Phi) is 8.48. The number of aliphatic hydroxyl groups is 1. The van der Waals surface area contributed by atoms with Crippen LogP contribution < -0.4 is 15.4 Å². The number of carbonyl (C=O) groups excluding carboxylic acids is 2. The van der Waals surface area contributed by atoms with Gasteiger partial charge in [0.15, 0.2) is 0 Å². The number of carbonyl (C=O) groups is 2. The Hall–Kier alpha value is -4.06. The summed E-state index contributed by atoms with van der Waals surface area (Å²) in [5.74, 6) is -1.01. The van der Waals surface area contributed by atoms with Gasteiger partial charge in [0.2, 0.25) is 5.95 Å². The van der Waals surface area contributed by atoms with Crippen molar-refractivity contribution in [2.24, 2.45) is 0 Å². The van der Waals surface area contributed by atoms with E-state index in [9.17, 15) is 19.1 Å². The molecule has 0 aliphatic carbocycles. The van der Waals surface area contributed by atoms with Crippen LogP contribution in [0.5, 0.6) is 5.75 Å². The summed E-state index contributed by atoms with van der Waals surface area (Å²) in [6, 6.07) is 8.41. The summed E-state index contributed by atoms with van der Waals surface area (Å²) >= 11 is 6.44. The van der Waals surface area contributed by atoms with Gasteiger partial charge in [0.25, 0.3) is 11.8 Å². The molecule has 0 bridgehead atoms. The summed E-state index contributed by atoms with van der Waals surface area (Å²) in [6.07, 6.45) is 3.21. The van der Waals surface area contributed by atoms with Gasteiger partial charge in [-0.2, -0.15) is 0 Å². The van der Waals surface area contributed by atoms with Crippen LogP contribution in [0.15, 0.2) is 54.9 Å². The lowest BCUT2D eigenvalue weighted by molar-refractivity contribution is -0.119. The van der Waals surface area contributed by atoms with Crippen molar-refractivity contribution in [1.29, 1.82) is 0 Å². The van der Waals surface area contributed by atoms with Crippen LogP contribution in [0, 0.1) is 5.82 Å². The molecule has 0 radical (unpaired) electrons. The third-order valence-electron chi connectivity index (χ3n) is 7.09. The number of anilines is 1. The number of rotatable bonds is 9. The van der Waals surface area contributed by atoms with Crippen molar-refractivity contribution in [2.75, 3.05) is 32.2 Å². The van der Waals surface area contributed by atoms with Crippen molar-refractivity contribution in [1.82, 2.24) is 20.2 Å². The number of hydrogen-bond donors (Lipinski definition) is 3. The fourth-order valence-electron chi connectivity index (χ4n) is 4.83. The van der Waals surface area contributed by atoms with Gasteiger partial charge in [-0.3, -0.25) is 14.5 Å². The standard InChI is InChI=1S/C29H29ClFN5O5/c1-16(27(38)34-25(15-37)19-9-20(31)12-22(10-19)40-2)36-14-18-4-3-17(11-23(18)28(36)39)26-24(30)13-32-29(35-26)33-21-5-7-41-8-6-21/h3-4,9-13,21,25,37H,1,5-8,14-15H2,2H3,(H,34,38)(H,32,33,35)/t25-/m1/s1. The first kappa shape index (κ1) is 28.5. The molecule has 0 saturated carbocycles. The Balaban J connectivity index is 1.31. The number of aromatic nitrogens is 2. The molecule has 3 aromatic rings. The van der Waals surface area contributed by atoms with Crippen molar-refractivity contribution in [3.8, 4) is 17.0 Å². The lowest BCUT2D eigenvalue weighted by atomic mass is 10.0. The highest BCUT2D eigenvalue weighted by molar-refractivity contribution is 6.33. The van der Waals surface area contributed by atoms with Crippen molar-refractivity contribution < 1.29 is 28.6 Å². The predicted octanol–water partition coefficient (Wildman–Crippen LogP) is 3.85. The largest absolute Gasteiger partial charge is 0.497 e. The maximum absolute atomic E-state index is 14.0. The zero-order valence-electron chi connectivity index (χ0n) is 22.3. The van der Waals surface area contributed by atoms with Crippen molar-refractivity contribution in [3.05, 3.63) is 82.4 Å². The van der Waals surface area contributed by atoms with E-state index in [-0.39, 0.29) is 24.0 Å². The van der Waals surface area contributed by atoms with E-state index in [1.807, 2.05) is 6.07 Å². The predicted molar refractivity (Wildman–Crippen MR) is 150 cm³/mol. The van der Waals surface area contributed by atoms with Gasteiger partial charge in [0.1, 0.15) is 17.3 Å². The number of nitrogens with zero attached hydrogens (tertiary/aromatic N) is 3. The van der Waals surface area contributed by atoms with Gasteiger partial charge in [0, 0.05) is 36.4 Å². The molecule has 0 spiro atoms. The molecule has 1 atom stereocenters. The summed E-state index contributed by atoms with van der Waals surface area (Å²) in [7, 11) is 1.39. The average Bonchev–Trinajstić information content (AvgIpc) is 3.31. The highest BCUT2D eigenvalue weighted by Gasteiger charge is 2.33. The molecule has 1 saturated heterocycles. The van der Waals surface area contributed by atoms with E-state index in [0.717, 1.165) is 12.8 Å². The normalized spacial score (nSPS) is 15.8. The fraction of sp³-hybridized carbons (Fsp3) is 0.310. The van der Waals surface area contributed by atoms with Crippen LogP contribution in [0.2, 0.25) is 5.02 Å². The lowest BCUT2D eigenvalue weighted by Gasteiger charge is -2.23. The molecule has 2 aliphatic heterocycles. The molecule has 5 rings (SSSR count). The first-order valence-electron chi connectivity index (χ1n) is 13.0. The Labute approximate surface area is 241 Å². The van der Waals surface area contributed by atoms with Gasteiger partial charge >= 0.3 is 0 Å². The molecule has 0 unspecified atom stereocenters. The number of amides is 2. The van der Waals surface area contributed by atoms with E-state index >= 15 is 0 Å². The van der Waals surface area contributed by atoms with E-state index in [4.69, 9.17) is 21.1 Å². The minimum absolute atomic E-state index is 0.113. The number of halogens is 2. The van der Waals surface area contributed by atoms with Crippen LogP contribution >= 0.6 is 11.6 Å². The monoisotopic (exact) mass is 581 g/mol. The number of ether oxygens (including phenoxy) is 2. The zero-order chi connectivity index (χ0) is 29.1. The molecule has 41 heavy (non-hydrogen) atoms. The second-order valence-electron chi connectivity index (χ2n) is 9.76. The average molecular weight is 582 g/mol. The number of fused-ring (bicyclic) bond motifs is 1. The van der Waals surface area contributed by atoms with Crippen molar-refractivity contribution in [3.63, 3.8) is 0 Å². The van der Waals surface area contributed by atoms with E-state index in [1.165, 1.54) is 36.4 Å². The first-order valence-corrected chi connectivity index (χ1v) is 13.4. The third-order valence-corrected chi connectivity index (χ3v) is 7.37. The number of hydrogen-bond acceptors (Lipinski definition) is 8. The molecule has 214 valence electrons. The van der Waals surface area contributed by atoms with E-state index in [1.54, 1.807) is 12.1 Å². The summed E-state index contributed by atoms with van der Waals surface area (Å²) < 4.78 is 24.5. The van der Waals surface area contributed by atoms with Gasteiger partial charge in [-0.15, -0.1) is 0 Å². The van der Waals surface area contributed by atoms with Crippen LogP contribution in [-0.2, 0) is 16.1 Å². The summed E-state index contributed by atoms with van der Waals surface area (Å²) in [4.78, 5) is 36.6.